The first-order valence-corrected chi connectivity index (χ1v) is 5.87. The van der Waals surface area contributed by atoms with Gasteiger partial charge in [0, 0.05) is 23.9 Å². The van der Waals surface area contributed by atoms with E-state index in [1.165, 1.54) is 5.56 Å². The van der Waals surface area contributed by atoms with Crippen molar-refractivity contribution in [3.05, 3.63) is 29.3 Å². The van der Waals surface area contributed by atoms with Gasteiger partial charge in [-0.15, -0.1) is 0 Å². The van der Waals surface area contributed by atoms with Crippen LogP contribution in [0.4, 0.5) is 0 Å². The van der Waals surface area contributed by atoms with Gasteiger partial charge in [-0.3, -0.25) is 4.79 Å². The topological polar surface area (TPSA) is 47.6 Å². The van der Waals surface area contributed by atoms with E-state index in [1.54, 1.807) is 27.2 Å². The van der Waals surface area contributed by atoms with Crippen LogP contribution in [0.2, 0.25) is 0 Å². The van der Waals surface area contributed by atoms with Gasteiger partial charge in [-0.05, 0) is 31.0 Å². The van der Waals surface area contributed by atoms with E-state index in [9.17, 15) is 4.79 Å². The molecule has 0 saturated carbocycles. The lowest BCUT2D eigenvalue weighted by atomic mass is 9.96. The molecule has 0 fully saturated rings. The number of carbonyl (C=O) groups is 1. The second-order valence-corrected chi connectivity index (χ2v) is 4.21. The Kier molecular flexibility index (Phi) is 3.55. The first-order valence-electron chi connectivity index (χ1n) is 5.87. The second kappa shape index (κ2) is 5.12. The number of allylic oxidation sites excluding steroid dienone is 1. The summed E-state index contributed by atoms with van der Waals surface area (Å²) in [5.41, 5.74) is 3.03. The Bertz CT molecular complexity index is 506. The molecule has 0 bridgehead atoms. The van der Waals surface area contributed by atoms with E-state index in [1.807, 2.05) is 12.1 Å². The number of hydrogen-bond donors (Lipinski definition) is 1. The van der Waals surface area contributed by atoms with Crippen molar-refractivity contribution in [1.82, 2.24) is 5.32 Å². The molecule has 0 aliphatic carbocycles. The predicted molar refractivity (Wildman–Crippen MR) is 69.9 cm³/mol. The van der Waals surface area contributed by atoms with Crippen LogP contribution in [0.25, 0.3) is 5.70 Å². The highest BCUT2D eigenvalue weighted by Crippen LogP contribution is 2.34. The number of carbonyl (C=O) groups excluding carboxylic acids is 1. The number of benzene rings is 1. The van der Waals surface area contributed by atoms with Gasteiger partial charge >= 0.3 is 0 Å². The second-order valence-electron chi connectivity index (χ2n) is 4.21. The molecular weight excluding hydrogens is 230 g/mol. The standard InChI is InChI=1S/C14H17NO3/c1-9(16)6-12-11-8-14(18-3)13(17-2)7-10(11)4-5-15-12/h6-8,15H,4-5H2,1-3H3/b12-6-. The van der Waals surface area contributed by atoms with Crippen LogP contribution in [0.5, 0.6) is 11.5 Å². The predicted octanol–water partition coefficient (Wildman–Crippen LogP) is 1.78. The smallest absolute Gasteiger partial charge is 0.161 e. The summed E-state index contributed by atoms with van der Waals surface area (Å²) in [4.78, 5) is 11.2. The lowest BCUT2D eigenvalue weighted by Crippen LogP contribution is -2.23. The zero-order chi connectivity index (χ0) is 13.1. The molecule has 1 heterocycles. The number of ketones is 1. The van der Waals surface area contributed by atoms with Gasteiger partial charge in [0.05, 0.1) is 14.2 Å². The van der Waals surface area contributed by atoms with Gasteiger partial charge in [0.2, 0.25) is 0 Å². The Balaban J connectivity index is 2.53. The van der Waals surface area contributed by atoms with Crippen LogP contribution in [0.1, 0.15) is 18.1 Å². The monoisotopic (exact) mass is 247 g/mol. The summed E-state index contributed by atoms with van der Waals surface area (Å²) in [5, 5.41) is 3.24. The Morgan fingerprint density at radius 3 is 2.56 bits per heavy atom. The largest absolute Gasteiger partial charge is 0.493 e. The summed E-state index contributed by atoms with van der Waals surface area (Å²) in [6.45, 7) is 2.37. The van der Waals surface area contributed by atoms with E-state index in [2.05, 4.69) is 5.32 Å². The molecule has 0 unspecified atom stereocenters. The van der Waals surface area contributed by atoms with Gasteiger partial charge in [0.15, 0.2) is 17.3 Å². The maximum Gasteiger partial charge on any atom is 0.161 e. The molecule has 0 aromatic heterocycles. The number of ether oxygens (including phenoxy) is 2. The lowest BCUT2D eigenvalue weighted by molar-refractivity contribution is -0.112. The lowest BCUT2D eigenvalue weighted by Gasteiger charge is -2.22. The molecule has 0 saturated heterocycles. The van der Waals surface area contributed by atoms with Crippen molar-refractivity contribution in [3.63, 3.8) is 0 Å². The molecule has 0 atom stereocenters. The summed E-state index contributed by atoms with van der Waals surface area (Å²) in [6.07, 6.45) is 2.52. The molecule has 4 heteroatoms. The zero-order valence-corrected chi connectivity index (χ0v) is 10.9. The quantitative estimate of drug-likeness (QED) is 0.827. The summed E-state index contributed by atoms with van der Waals surface area (Å²) in [5.74, 6) is 1.43. The van der Waals surface area contributed by atoms with Crippen molar-refractivity contribution in [2.45, 2.75) is 13.3 Å². The molecule has 96 valence electrons. The first-order chi connectivity index (χ1) is 8.65. The normalized spacial score (nSPS) is 15.8. The fourth-order valence-electron chi connectivity index (χ4n) is 2.14. The number of rotatable bonds is 3. The molecular formula is C14H17NO3. The average Bonchev–Trinajstić information content (AvgIpc) is 2.37. The molecule has 18 heavy (non-hydrogen) atoms. The van der Waals surface area contributed by atoms with Crippen molar-refractivity contribution in [1.29, 1.82) is 0 Å². The summed E-state index contributed by atoms with van der Waals surface area (Å²) >= 11 is 0. The molecule has 1 aromatic carbocycles. The van der Waals surface area contributed by atoms with E-state index in [-0.39, 0.29) is 5.78 Å². The highest BCUT2D eigenvalue weighted by molar-refractivity contribution is 5.95. The van der Waals surface area contributed by atoms with E-state index in [0.717, 1.165) is 30.0 Å². The van der Waals surface area contributed by atoms with Crippen molar-refractivity contribution in [2.24, 2.45) is 0 Å². The van der Waals surface area contributed by atoms with Crippen LogP contribution >= 0.6 is 0 Å². The summed E-state index contributed by atoms with van der Waals surface area (Å²) in [6, 6.07) is 3.89. The van der Waals surface area contributed by atoms with Gasteiger partial charge in [0.1, 0.15) is 0 Å². The summed E-state index contributed by atoms with van der Waals surface area (Å²) in [7, 11) is 3.23. The van der Waals surface area contributed by atoms with E-state index in [4.69, 9.17) is 9.47 Å². The van der Waals surface area contributed by atoms with E-state index < -0.39 is 0 Å². The van der Waals surface area contributed by atoms with Crippen LogP contribution in [0.15, 0.2) is 18.2 Å². The molecule has 1 aromatic rings. The van der Waals surface area contributed by atoms with Crippen LogP contribution in [0, 0.1) is 0 Å². The number of nitrogens with one attached hydrogen (secondary N) is 1. The first kappa shape index (κ1) is 12.5. The van der Waals surface area contributed by atoms with Crippen LogP contribution < -0.4 is 14.8 Å². The van der Waals surface area contributed by atoms with Crippen molar-refractivity contribution < 1.29 is 14.3 Å². The van der Waals surface area contributed by atoms with E-state index in [0.29, 0.717) is 5.75 Å². The van der Waals surface area contributed by atoms with E-state index >= 15 is 0 Å². The van der Waals surface area contributed by atoms with Crippen molar-refractivity contribution >= 4 is 11.5 Å². The maximum absolute atomic E-state index is 11.2. The van der Waals surface area contributed by atoms with Gasteiger partial charge in [-0.25, -0.2) is 0 Å². The molecule has 1 N–H and O–H groups in total. The van der Waals surface area contributed by atoms with Crippen molar-refractivity contribution in [3.8, 4) is 11.5 Å². The maximum atomic E-state index is 11.2. The minimum absolute atomic E-state index is 0.0279. The zero-order valence-electron chi connectivity index (χ0n) is 10.9. The number of fused-ring (bicyclic) bond motifs is 1. The molecule has 1 aliphatic heterocycles. The van der Waals surface area contributed by atoms with Crippen molar-refractivity contribution in [2.75, 3.05) is 20.8 Å². The number of hydrogen-bond acceptors (Lipinski definition) is 4. The Hall–Kier alpha value is -1.97. The third-order valence-corrected chi connectivity index (χ3v) is 2.96. The Morgan fingerprint density at radius 1 is 1.28 bits per heavy atom. The third-order valence-electron chi connectivity index (χ3n) is 2.96. The fraction of sp³-hybridized carbons (Fsp3) is 0.357. The van der Waals surface area contributed by atoms with Crippen LogP contribution in [0.3, 0.4) is 0 Å². The Morgan fingerprint density at radius 2 is 1.94 bits per heavy atom. The molecule has 0 amide bonds. The van der Waals surface area contributed by atoms with Crippen LogP contribution in [-0.4, -0.2) is 26.5 Å². The highest BCUT2D eigenvalue weighted by atomic mass is 16.5. The summed E-state index contributed by atoms with van der Waals surface area (Å²) < 4.78 is 10.6. The Labute approximate surface area is 107 Å². The minimum atomic E-state index is 0.0279. The third kappa shape index (κ3) is 2.32. The van der Waals surface area contributed by atoms with Crippen LogP contribution in [-0.2, 0) is 11.2 Å². The van der Waals surface area contributed by atoms with Gasteiger partial charge in [-0.1, -0.05) is 0 Å². The molecule has 0 radical (unpaired) electrons. The van der Waals surface area contributed by atoms with Gasteiger partial charge in [0.25, 0.3) is 0 Å². The minimum Gasteiger partial charge on any atom is -0.493 e. The molecule has 4 nitrogen and oxygen atoms in total. The SMILES string of the molecule is COc1cc2c(cc1OC)/C(=C/C(C)=O)NCC2. The molecule has 2 rings (SSSR count). The van der Waals surface area contributed by atoms with Gasteiger partial charge < -0.3 is 14.8 Å². The highest BCUT2D eigenvalue weighted by Gasteiger charge is 2.18. The fourth-order valence-corrected chi connectivity index (χ4v) is 2.14. The number of methoxy groups -OCH3 is 2. The van der Waals surface area contributed by atoms with Gasteiger partial charge in [-0.2, -0.15) is 0 Å². The molecule has 0 spiro atoms. The molecule has 1 aliphatic rings. The average molecular weight is 247 g/mol.